The van der Waals surface area contributed by atoms with E-state index in [9.17, 15) is 9.59 Å². The number of hydrogen-bond acceptors (Lipinski definition) is 5. The molecular weight excluding hydrogens is 410 g/mol. The number of hydrogen-bond donors (Lipinski definition) is 1. The lowest BCUT2D eigenvalue weighted by atomic mass is 10.1. The number of fused-ring (bicyclic) bond motifs is 1. The van der Waals surface area contributed by atoms with Gasteiger partial charge >= 0.3 is 0 Å². The maximum Gasteiger partial charge on any atom is 0.277 e. The van der Waals surface area contributed by atoms with Crippen LogP contribution in [0.4, 0.5) is 5.95 Å². The van der Waals surface area contributed by atoms with Crippen LogP contribution in [0, 0.1) is 6.92 Å². The highest BCUT2D eigenvalue weighted by atomic mass is 35.5. The number of benzene rings is 1. The zero-order valence-electron chi connectivity index (χ0n) is 15.8. The maximum absolute atomic E-state index is 13.1. The van der Waals surface area contributed by atoms with Gasteiger partial charge in [-0.1, -0.05) is 29.8 Å². The average Bonchev–Trinajstić information content (AvgIpc) is 3.34. The molecule has 3 heterocycles. The highest BCUT2D eigenvalue weighted by Gasteiger charge is 2.20. The summed E-state index contributed by atoms with van der Waals surface area (Å²) in [5.41, 5.74) is 1.89. The smallest absolute Gasteiger partial charge is 0.276 e. The van der Waals surface area contributed by atoms with Crippen molar-refractivity contribution in [2.75, 3.05) is 4.90 Å². The first kappa shape index (κ1) is 19.4. The number of anilines is 1. The molecule has 0 atom stereocenters. The van der Waals surface area contributed by atoms with Crippen molar-refractivity contribution in [3.63, 3.8) is 0 Å². The summed E-state index contributed by atoms with van der Waals surface area (Å²) in [5, 5.41) is 5.53. The van der Waals surface area contributed by atoms with Crippen LogP contribution < -0.4 is 10.5 Å². The minimum Gasteiger partial charge on any atom is -0.276 e. The fourth-order valence-electron chi connectivity index (χ4n) is 3.07. The van der Waals surface area contributed by atoms with E-state index in [1.165, 1.54) is 16.3 Å². The molecule has 7 nitrogen and oxygen atoms in total. The lowest BCUT2D eigenvalue weighted by Gasteiger charge is -2.16. The number of aromatic amines is 1. The number of nitrogens with zero attached hydrogens (tertiary/aromatic N) is 4. The maximum atomic E-state index is 13.1. The second-order valence-electron chi connectivity index (χ2n) is 6.65. The Hall–Kier alpha value is -2.97. The van der Waals surface area contributed by atoms with Crippen LogP contribution in [0.25, 0.3) is 5.78 Å². The van der Waals surface area contributed by atoms with Crippen molar-refractivity contribution in [3.8, 4) is 0 Å². The zero-order chi connectivity index (χ0) is 20.5. The van der Waals surface area contributed by atoms with E-state index in [1.54, 1.807) is 30.4 Å². The van der Waals surface area contributed by atoms with Gasteiger partial charge in [0.15, 0.2) is 0 Å². The summed E-state index contributed by atoms with van der Waals surface area (Å²) in [6.07, 6.45) is 0.428. The van der Waals surface area contributed by atoms with E-state index >= 15 is 0 Å². The molecule has 4 rings (SSSR count). The standard InChI is InChI=1S/C20H18ClN5O2S/c1-12-17(10-14-5-7-15(21)8-6-14)18(28)26-19(22-12)23-20(24-26)25(13(2)27)11-16-4-3-9-29-16/h3-9H,10-11H2,1-2H3,(H,22,23,24). The van der Waals surface area contributed by atoms with Gasteiger partial charge in [0.1, 0.15) is 0 Å². The van der Waals surface area contributed by atoms with Gasteiger partial charge in [-0.3, -0.25) is 19.6 Å². The number of rotatable bonds is 5. The molecule has 0 radical (unpaired) electrons. The van der Waals surface area contributed by atoms with E-state index in [4.69, 9.17) is 11.6 Å². The number of nitrogens with one attached hydrogen (secondary N) is 1. The fourth-order valence-corrected chi connectivity index (χ4v) is 3.89. The molecule has 4 aromatic rings. The molecule has 0 saturated heterocycles. The first-order chi connectivity index (χ1) is 13.9. The summed E-state index contributed by atoms with van der Waals surface area (Å²) in [6.45, 7) is 3.63. The van der Waals surface area contributed by atoms with Crippen LogP contribution in [0.2, 0.25) is 5.02 Å². The van der Waals surface area contributed by atoms with Gasteiger partial charge in [0.25, 0.3) is 11.3 Å². The number of aromatic nitrogens is 4. The third kappa shape index (κ3) is 3.94. The predicted molar refractivity (Wildman–Crippen MR) is 114 cm³/mol. The third-order valence-electron chi connectivity index (χ3n) is 4.61. The van der Waals surface area contributed by atoms with E-state index in [-0.39, 0.29) is 17.2 Å². The first-order valence-electron chi connectivity index (χ1n) is 8.95. The van der Waals surface area contributed by atoms with E-state index in [1.807, 2.05) is 29.6 Å². The zero-order valence-corrected chi connectivity index (χ0v) is 17.4. The van der Waals surface area contributed by atoms with E-state index in [0.717, 1.165) is 10.4 Å². The Bertz CT molecular complexity index is 1230. The van der Waals surface area contributed by atoms with E-state index in [0.29, 0.717) is 35.2 Å². The largest absolute Gasteiger partial charge is 0.277 e. The van der Waals surface area contributed by atoms with Gasteiger partial charge in [0.2, 0.25) is 11.9 Å². The molecule has 0 unspecified atom stereocenters. The lowest BCUT2D eigenvalue weighted by Crippen LogP contribution is -2.29. The first-order valence-corrected chi connectivity index (χ1v) is 10.2. The molecule has 9 heteroatoms. The second-order valence-corrected chi connectivity index (χ2v) is 8.12. The molecule has 0 aliphatic rings. The van der Waals surface area contributed by atoms with Crippen LogP contribution in [0.5, 0.6) is 0 Å². The number of thiophene rings is 1. The van der Waals surface area contributed by atoms with Gasteiger partial charge in [0.05, 0.1) is 12.2 Å². The molecule has 3 aromatic heterocycles. The number of H-pyrrole nitrogens is 1. The van der Waals surface area contributed by atoms with Crippen LogP contribution in [-0.4, -0.2) is 25.5 Å². The summed E-state index contributed by atoms with van der Waals surface area (Å²) >= 11 is 7.49. The van der Waals surface area contributed by atoms with Crippen molar-refractivity contribution < 1.29 is 4.79 Å². The SMILES string of the molecule is CC(=O)N(Cc1cccs1)c1nc2nc(C)c(Cc3ccc(Cl)cc3)c(=O)n2[nH]1. The lowest BCUT2D eigenvalue weighted by molar-refractivity contribution is -0.116. The van der Waals surface area contributed by atoms with Gasteiger partial charge in [-0.2, -0.15) is 9.50 Å². The average molecular weight is 428 g/mol. The number of aryl methyl sites for hydroxylation is 1. The minimum absolute atomic E-state index is 0.177. The topological polar surface area (TPSA) is 83.4 Å². The molecule has 1 amide bonds. The van der Waals surface area contributed by atoms with E-state index in [2.05, 4.69) is 15.1 Å². The molecule has 1 N–H and O–H groups in total. The number of carbonyl (C=O) groups is 1. The Kier molecular flexibility index (Phi) is 5.21. The summed E-state index contributed by atoms with van der Waals surface area (Å²) in [5.74, 6) is 0.349. The molecular formula is C20H18ClN5O2S. The molecule has 0 saturated carbocycles. The molecule has 0 bridgehead atoms. The van der Waals surface area contributed by atoms with Gasteiger partial charge < -0.3 is 0 Å². The second kappa shape index (κ2) is 7.81. The molecule has 0 spiro atoms. The van der Waals surface area contributed by atoms with Crippen LogP contribution >= 0.6 is 22.9 Å². The van der Waals surface area contributed by atoms with Gasteiger partial charge in [-0.05, 0) is 36.1 Å². The van der Waals surface area contributed by atoms with Crippen molar-refractivity contribution in [1.82, 2.24) is 19.6 Å². The monoisotopic (exact) mass is 427 g/mol. The Labute approximate surface area is 175 Å². The number of halogens is 1. The predicted octanol–water partition coefficient (Wildman–Crippen LogP) is 3.58. The molecule has 1 aromatic carbocycles. The van der Waals surface area contributed by atoms with Gasteiger partial charge in [0, 0.05) is 28.8 Å². The molecule has 148 valence electrons. The Morgan fingerprint density at radius 3 is 2.66 bits per heavy atom. The summed E-state index contributed by atoms with van der Waals surface area (Å²) in [4.78, 5) is 36.6. The van der Waals surface area contributed by atoms with Crippen molar-refractivity contribution in [1.29, 1.82) is 0 Å². The van der Waals surface area contributed by atoms with Crippen LogP contribution in [0.3, 0.4) is 0 Å². The van der Waals surface area contributed by atoms with Crippen molar-refractivity contribution in [2.45, 2.75) is 26.8 Å². The van der Waals surface area contributed by atoms with Crippen LogP contribution in [-0.2, 0) is 17.8 Å². The Morgan fingerprint density at radius 1 is 1.24 bits per heavy atom. The minimum atomic E-state index is -0.235. The number of carbonyl (C=O) groups excluding carboxylic acids is 1. The fraction of sp³-hybridized carbons (Fsp3) is 0.200. The van der Waals surface area contributed by atoms with Crippen LogP contribution in [0.15, 0.2) is 46.6 Å². The van der Waals surface area contributed by atoms with Gasteiger partial charge in [-0.25, -0.2) is 4.98 Å². The number of amides is 1. The van der Waals surface area contributed by atoms with Crippen molar-refractivity contribution in [2.24, 2.45) is 0 Å². The summed E-state index contributed by atoms with van der Waals surface area (Å²) in [7, 11) is 0. The van der Waals surface area contributed by atoms with Crippen molar-refractivity contribution in [3.05, 3.63) is 78.9 Å². The summed E-state index contributed by atoms with van der Waals surface area (Å²) < 4.78 is 1.29. The third-order valence-corrected chi connectivity index (χ3v) is 5.72. The Balaban J connectivity index is 1.73. The normalized spacial score (nSPS) is 11.1. The molecule has 0 fully saturated rings. The van der Waals surface area contributed by atoms with Crippen molar-refractivity contribution >= 4 is 40.6 Å². The molecule has 0 aliphatic carbocycles. The molecule has 29 heavy (non-hydrogen) atoms. The Morgan fingerprint density at radius 2 is 2.00 bits per heavy atom. The highest BCUT2D eigenvalue weighted by molar-refractivity contribution is 7.09. The summed E-state index contributed by atoms with van der Waals surface area (Å²) in [6, 6.07) is 11.2. The quantitative estimate of drug-likeness (QED) is 0.527. The van der Waals surface area contributed by atoms with Crippen LogP contribution in [0.1, 0.15) is 28.6 Å². The highest BCUT2D eigenvalue weighted by Crippen LogP contribution is 2.18. The van der Waals surface area contributed by atoms with Gasteiger partial charge in [-0.15, -0.1) is 11.3 Å². The molecule has 0 aliphatic heterocycles. The van der Waals surface area contributed by atoms with E-state index < -0.39 is 0 Å².